The second-order valence-corrected chi connectivity index (χ2v) is 5.31. The summed E-state index contributed by atoms with van der Waals surface area (Å²) >= 11 is 3.24. The van der Waals surface area contributed by atoms with E-state index < -0.39 is 29.9 Å². The van der Waals surface area contributed by atoms with Crippen LogP contribution in [0.15, 0.2) is 0 Å². The van der Waals surface area contributed by atoms with Crippen LogP contribution in [-0.4, -0.2) is 39.3 Å². The van der Waals surface area contributed by atoms with Crippen molar-refractivity contribution in [1.29, 1.82) is 0 Å². The molecule has 0 spiro atoms. The Bertz CT molecular complexity index is 435. The first-order valence-corrected chi connectivity index (χ1v) is 7.17. The van der Waals surface area contributed by atoms with Gasteiger partial charge in [0.05, 0.1) is 0 Å². The fraction of sp³-hybridized carbons (Fsp3) is 0. The second kappa shape index (κ2) is 18.1. The van der Waals surface area contributed by atoms with E-state index in [0.29, 0.717) is 0 Å². The molecule has 0 heterocycles. The molecular weight excluding hydrogens is 428 g/mol. The van der Waals surface area contributed by atoms with Crippen molar-refractivity contribution in [2.24, 2.45) is 0 Å². The molecule has 0 aromatic heterocycles. The third-order valence-electron chi connectivity index (χ3n) is 0.194. The van der Waals surface area contributed by atoms with Crippen molar-refractivity contribution in [3.8, 4) is 0 Å². The van der Waals surface area contributed by atoms with Crippen LogP contribution in [0.3, 0.4) is 0 Å². The minimum atomic E-state index is -5.31. The first-order valence-electron chi connectivity index (χ1n) is 2.17. The van der Waals surface area contributed by atoms with Gasteiger partial charge < -0.3 is 18.2 Å². The fourth-order valence-electron chi connectivity index (χ4n) is 0.0680. The summed E-state index contributed by atoms with van der Waals surface area (Å²) in [6.07, 6.45) is 0. The van der Waals surface area contributed by atoms with E-state index in [1.807, 2.05) is 0 Å². The Morgan fingerprint density at radius 2 is 0.789 bits per heavy atom. The molecule has 0 atom stereocenters. The van der Waals surface area contributed by atoms with Crippen LogP contribution in [0.4, 0.5) is 0 Å². The summed E-state index contributed by atoms with van der Waals surface area (Å²) in [6.45, 7) is 0. The molecule has 0 N–H and O–H groups in total. The molecule has 11 nitrogen and oxygen atoms in total. The molecule has 0 aliphatic heterocycles. The zero-order valence-electron chi connectivity index (χ0n) is 10.1. The van der Waals surface area contributed by atoms with Gasteiger partial charge in [-0.3, -0.25) is 4.21 Å². The molecule has 0 unspecified atom stereocenters. The van der Waals surface area contributed by atoms with Crippen molar-refractivity contribution in [3.05, 3.63) is 0 Å². The molecule has 0 aliphatic rings. The van der Waals surface area contributed by atoms with Crippen LogP contribution in [0, 0.1) is 0 Å². The van der Waals surface area contributed by atoms with E-state index in [1.165, 1.54) is 0 Å². The number of hydrogen-bond donors (Lipinski definition) is 0. The minimum absolute atomic E-state index is 0. The summed E-state index contributed by atoms with van der Waals surface area (Å²) < 4.78 is 88.1. The average Bonchev–Trinajstić information content (AvgIpc) is 1.76. The maximum atomic E-state index is 9.37. The molecule has 0 fully saturated rings. The van der Waals surface area contributed by atoms with E-state index in [4.69, 9.17) is 13.3 Å². The summed E-state index contributed by atoms with van der Waals surface area (Å²) in [5, 5.41) is 0. The standard InChI is InChI=1S/2K.2Na.H2O8S2.H2O3S2/c;;;;1-9(2,3)7-8-10(4,5)6;1-5(2,3)4/h;;;;(H,1,2,3)(H,4,5,6);(H2,1,2,3,4)/q4*+1;;/p-4. The SMILES string of the molecule is O=S(=O)([O-])OOS(=O)(=O)[O-].O=S([O-])([O-])=S.[K+].[K+].[Na+].[Na+]. The van der Waals surface area contributed by atoms with E-state index in [-0.39, 0.29) is 162 Å². The van der Waals surface area contributed by atoms with Gasteiger partial charge in [-0.05, 0) is 11.2 Å². The Hall–Kier alpha value is 5.30. The first kappa shape index (κ1) is 39.4. The van der Waals surface area contributed by atoms with Gasteiger partial charge in [0.2, 0.25) is 20.8 Å². The van der Waals surface area contributed by atoms with Crippen LogP contribution in [0.1, 0.15) is 0 Å². The number of rotatable bonds is 3. The normalized spacial score (nSPS) is 10.1. The largest absolute Gasteiger partial charge is 1.00 e. The van der Waals surface area contributed by atoms with Gasteiger partial charge in [-0.25, -0.2) is 16.8 Å². The molecule has 0 radical (unpaired) electrons. The molecule has 0 aromatic carbocycles. The van der Waals surface area contributed by atoms with Crippen LogP contribution in [0.5, 0.6) is 0 Å². The van der Waals surface area contributed by atoms with Gasteiger partial charge in [0.1, 0.15) is 0 Å². The van der Waals surface area contributed by atoms with Gasteiger partial charge in [-0.2, -0.15) is 0 Å². The minimum Gasteiger partial charge on any atom is -0.780 e. The Morgan fingerprint density at radius 3 is 0.842 bits per heavy atom. The van der Waals surface area contributed by atoms with Crippen LogP contribution in [0.2, 0.25) is 0 Å². The van der Waals surface area contributed by atoms with Crippen LogP contribution in [0.25, 0.3) is 0 Å². The molecule has 94 valence electrons. The molecule has 19 heavy (non-hydrogen) atoms. The Balaban J connectivity index is -0.0000000418. The van der Waals surface area contributed by atoms with E-state index in [9.17, 15) is 25.9 Å². The third-order valence-corrected chi connectivity index (χ3v) is 0.750. The first-order chi connectivity index (χ1) is 6.21. The number of hydrogen-bond acceptors (Lipinski definition) is 12. The van der Waals surface area contributed by atoms with Crippen molar-refractivity contribution in [2.75, 3.05) is 0 Å². The Kier molecular flexibility index (Phi) is 37.5. The summed E-state index contributed by atoms with van der Waals surface area (Å²) in [4.78, 5) is 0. The Morgan fingerprint density at radius 1 is 0.684 bits per heavy atom. The van der Waals surface area contributed by atoms with Crippen molar-refractivity contribution in [3.63, 3.8) is 0 Å². The Labute approximate surface area is 244 Å². The topological polar surface area (TPSA) is 196 Å². The van der Waals surface area contributed by atoms with Crippen LogP contribution >= 0.6 is 0 Å². The maximum Gasteiger partial charge on any atom is 1.00 e. The maximum absolute atomic E-state index is 9.37. The molecule has 0 saturated carbocycles. The molecule has 0 aliphatic carbocycles. The average molecular weight is 428 g/mol. The van der Waals surface area contributed by atoms with Gasteiger partial charge in [0, 0.05) is 0 Å². The van der Waals surface area contributed by atoms with Gasteiger partial charge in [-0.15, -0.1) is 17.7 Å². The molecule has 0 amide bonds. The molecule has 0 rings (SSSR count). The molecule has 0 aromatic rings. The van der Waals surface area contributed by atoms with E-state index >= 15 is 0 Å². The predicted octanol–water partition coefficient (Wildman–Crippen LogP) is -15.1. The van der Waals surface area contributed by atoms with Crippen molar-refractivity contribution in [2.45, 2.75) is 0 Å². The summed E-state index contributed by atoms with van der Waals surface area (Å²) in [7, 11) is -15.0. The van der Waals surface area contributed by atoms with E-state index in [2.05, 4.69) is 19.9 Å². The second-order valence-electron chi connectivity index (χ2n) is 1.36. The van der Waals surface area contributed by atoms with Gasteiger partial charge in [0.15, 0.2) is 0 Å². The summed E-state index contributed by atoms with van der Waals surface area (Å²) in [5.74, 6) is 0. The molecule has 0 saturated heterocycles. The third kappa shape index (κ3) is 69.9. The zero-order chi connectivity index (χ0) is 12.9. The quantitative estimate of drug-likeness (QED) is 0.135. The van der Waals surface area contributed by atoms with Crippen molar-refractivity contribution in [1.82, 2.24) is 0 Å². The van der Waals surface area contributed by atoms with Gasteiger partial charge in [0.25, 0.3) is 0 Å². The van der Waals surface area contributed by atoms with E-state index in [0.717, 1.165) is 0 Å². The summed E-state index contributed by atoms with van der Waals surface area (Å²) in [5.41, 5.74) is 0. The van der Waals surface area contributed by atoms with Crippen LogP contribution in [-0.2, 0) is 49.7 Å². The molecule has 19 heteroatoms. The smallest absolute Gasteiger partial charge is 0.780 e. The monoisotopic (exact) mass is 428 g/mol. The van der Waals surface area contributed by atoms with Crippen molar-refractivity contribution >= 4 is 41.0 Å². The predicted molar refractivity (Wildman–Crippen MR) is 38.6 cm³/mol. The molecule has 0 bridgehead atoms. The van der Waals surface area contributed by atoms with E-state index in [1.54, 1.807) is 0 Å². The van der Waals surface area contributed by atoms with Crippen molar-refractivity contribution < 1.29 is 210 Å². The van der Waals surface area contributed by atoms with Crippen LogP contribution < -0.4 is 162 Å². The molecular formula is K2Na2O11S4. The van der Waals surface area contributed by atoms with Gasteiger partial charge in [-0.1, -0.05) is 0 Å². The van der Waals surface area contributed by atoms with Gasteiger partial charge >= 0.3 is 162 Å². The zero-order valence-corrected chi connectivity index (χ0v) is 23.6. The fourth-order valence-corrected chi connectivity index (χ4v) is 0.612. The summed E-state index contributed by atoms with van der Waals surface area (Å²) in [6, 6.07) is 0.